The average molecular weight is 298 g/mol. The zero-order chi connectivity index (χ0) is 14.9. The second kappa shape index (κ2) is 5.41. The Kier molecular flexibility index (Phi) is 4.01. The molecule has 110 valence electrons. The molecule has 0 radical (unpaired) electrons. The summed E-state index contributed by atoms with van der Waals surface area (Å²) in [6.45, 7) is 3.80. The third-order valence-corrected chi connectivity index (χ3v) is 4.60. The van der Waals surface area contributed by atoms with Crippen molar-refractivity contribution in [1.82, 2.24) is 4.72 Å². The number of anilines is 1. The molecule has 6 nitrogen and oxygen atoms in total. The first kappa shape index (κ1) is 14.8. The van der Waals surface area contributed by atoms with E-state index < -0.39 is 10.0 Å². The highest BCUT2D eigenvalue weighted by molar-refractivity contribution is 7.89. The van der Waals surface area contributed by atoms with Crippen LogP contribution in [0.2, 0.25) is 0 Å². The Labute approximate surface area is 118 Å². The predicted molar refractivity (Wildman–Crippen MR) is 75.4 cm³/mol. The first-order valence-corrected chi connectivity index (χ1v) is 7.85. The summed E-state index contributed by atoms with van der Waals surface area (Å²) in [5.41, 5.74) is 0.471. The van der Waals surface area contributed by atoms with Crippen molar-refractivity contribution < 1.29 is 17.9 Å². The Morgan fingerprint density at radius 3 is 2.70 bits per heavy atom. The molecule has 0 unspecified atom stereocenters. The molecule has 0 spiro atoms. The van der Waals surface area contributed by atoms with Crippen molar-refractivity contribution in [3.05, 3.63) is 18.2 Å². The average Bonchev–Trinajstić information content (AvgIpc) is 2.48. The highest BCUT2D eigenvalue weighted by Crippen LogP contribution is 2.32. The molecule has 1 aliphatic heterocycles. The van der Waals surface area contributed by atoms with E-state index in [4.69, 9.17) is 4.74 Å². The van der Waals surface area contributed by atoms with Crippen LogP contribution in [0, 0.1) is 0 Å². The van der Waals surface area contributed by atoms with Gasteiger partial charge in [0.2, 0.25) is 15.9 Å². The van der Waals surface area contributed by atoms with Crippen LogP contribution in [0.5, 0.6) is 5.75 Å². The van der Waals surface area contributed by atoms with E-state index in [0.717, 1.165) is 0 Å². The molecule has 0 bridgehead atoms. The van der Waals surface area contributed by atoms with Gasteiger partial charge in [0.1, 0.15) is 5.75 Å². The van der Waals surface area contributed by atoms with Crippen molar-refractivity contribution in [2.75, 3.05) is 18.6 Å². The first-order chi connectivity index (χ1) is 9.31. The van der Waals surface area contributed by atoms with Gasteiger partial charge in [0.05, 0.1) is 23.6 Å². The van der Waals surface area contributed by atoms with Crippen molar-refractivity contribution in [3.63, 3.8) is 0 Å². The van der Waals surface area contributed by atoms with Crippen molar-refractivity contribution in [1.29, 1.82) is 0 Å². The number of nitrogens with zero attached hydrogens (tertiary/aromatic N) is 1. The molecule has 0 atom stereocenters. The third kappa shape index (κ3) is 2.94. The predicted octanol–water partition coefficient (Wildman–Crippen LogP) is 1.12. The van der Waals surface area contributed by atoms with Gasteiger partial charge in [-0.25, -0.2) is 13.1 Å². The number of amides is 1. The van der Waals surface area contributed by atoms with Crippen LogP contribution in [-0.4, -0.2) is 34.0 Å². The summed E-state index contributed by atoms with van der Waals surface area (Å²) in [7, 11) is -1.98. The van der Waals surface area contributed by atoms with E-state index in [1.165, 1.54) is 17.0 Å². The summed E-state index contributed by atoms with van der Waals surface area (Å²) in [6, 6.07) is 4.32. The number of sulfonamides is 1. The zero-order valence-corrected chi connectivity index (χ0v) is 12.5. The minimum absolute atomic E-state index is 0.102. The monoisotopic (exact) mass is 298 g/mol. The normalized spacial score (nSPS) is 15.8. The molecule has 1 aliphatic rings. The van der Waals surface area contributed by atoms with Crippen LogP contribution in [0.3, 0.4) is 0 Å². The molecule has 0 saturated carbocycles. The van der Waals surface area contributed by atoms with Crippen LogP contribution in [0.1, 0.15) is 20.3 Å². The lowest BCUT2D eigenvalue weighted by atomic mass is 10.2. The maximum absolute atomic E-state index is 12.1. The van der Waals surface area contributed by atoms with E-state index in [1.807, 2.05) is 0 Å². The summed E-state index contributed by atoms with van der Waals surface area (Å²) >= 11 is 0. The molecule has 1 aromatic carbocycles. The van der Waals surface area contributed by atoms with Gasteiger partial charge in [0.25, 0.3) is 0 Å². The Hall–Kier alpha value is -1.60. The number of ether oxygens (including phenoxy) is 1. The smallest absolute Gasteiger partial charge is 0.240 e. The summed E-state index contributed by atoms with van der Waals surface area (Å²) in [4.78, 5) is 13.3. The van der Waals surface area contributed by atoms with Gasteiger partial charge in [-0.1, -0.05) is 0 Å². The van der Waals surface area contributed by atoms with Gasteiger partial charge in [-0.15, -0.1) is 0 Å². The van der Waals surface area contributed by atoms with Gasteiger partial charge in [0, 0.05) is 13.1 Å². The van der Waals surface area contributed by atoms with Gasteiger partial charge < -0.3 is 9.64 Å². The number of carbonyl (C=O) groups is 1. The molecule has 0 fully saturated rings. The second-order valence-electron chi connectivity index (χ2n) is 4.96. The fraction of sp³-hybridized carbons (Fsp3) is 0.462. The SMILES string of the molecule is CC(C)NS(=O)(=O)c1ccc2c(c1)N(C)C(=O)CCO2. The van der Waals surface area contributed by atoms with E-state index in [9.17, 15) is 13.2 Å². The number of hydrogen-bond donors (Lipinski definition) is 1. The van der Waals surface area contributed by atoms with E-state index in [2.05, 4.69) is 4.72 Å². The van der Waals surface area contributed by atoms with Gasteiger partial charge in [-0.05, 0) is 32.0 Å². The summed E-state index contributed by atoms with van der Waals surface area (Å²) in [6.07, 6.45) is 0.275. The first-order valence-electron chi connectivity index (χ1n) is 6.37. The zero-order valence-electron chi connectivity index (χ0n) is 11.7. The minimum atomic E-state index is -3.59. The van der Waals surface area contributed by atoms with Crippen LogP contribution >= 0.6 is 0 Å². The van der Waals surface area contributed by atoms with Gasteiger partial charge in [-0.2, -0.15) is 0 Å². The van der Waals surface area contributed by atoms with Gasteiger partial charge in [-0.3, -0.25) is 4.79 Å². The lowest BCUT2D eigenvalue weighted by Gasteiger charge is -2.18. The number of carbonyl (C=O) groups excluding carboxylic acids is 1. The largest absolute Gasteiger partial charge is 0.491 e. The highest BCUT2D eigenvalue weighted by atomic mass is 32.2. The maximum Gasteiger partial charge on any atom is 0.240 e. The van der Waals surface area contributed by atoms with Crippen LogP contribution in [0.4, 0.5) is 5.69 Å². The van der Waals surface area contributed by atoms with Crippen LogP contribution < -0.4 is 14.4 Å². The molecular weight excluding hydrogens is 280 g/mol. The standard InChI is InChI=1S/C13H18N2O4S/c1-9(2)14-20(17,18)10-4-5-12-11(8-10)15(3)13(16)6-7-19-12/h4-5,8-9,14H,6-7H2,1-3H3. The molecular formula is C13H18N2O4S. The van der Waals surface area contributed by atoms with Crippen molar-refractivity contribution in [2.24, 2.45) is 0 Å². The Morgan fingerprint density at radius 2 is 2.05 bits per heavy atom. The molecule has 0 aromatic heterocycles. The molecule has 20 heavy (non-hydrogen) atoms. The molecule has 0 aliphatic carbocycles. The molecule has 1 N–H and O–H groups in total. The Balaban J connectivity index is 2.45. The number of fused-ring (bicyclic) bond motifs is 1. The number of rotatable bonds is 3. The molecule has 1 amide bonds. The molecule has 1 aromatic rings. The lowest BCUT2D eigenvalue weighted by Crippen LogP contribution is -2.30. The van der Waals surface area contributed by atoms with Gasteiger partial charge >= 0.3 is 0 Å². The molecule has 0 saturated heterocycles. The van der Waals surface area contributed by atoms with Crippen molar-refractivity contribution in [3.8, 4) is 5.75 Å². The third-order valence-electron chi connectivity index (χ3n) is 2.94. The van der Waals surface area contributed by atoms with Crippen molar-refractivity contribution >= 4 is 21.6 Å². The Morgan fingerprint density at radius 1 is 1.35 bits per heavy atom. The van der Waals surface area contributed by atoms with E-state index in [-0.39, 0.29) is 23.3 Å². The highest BCUT2D eigenvalue weighted by Gasteiger charge is 2.23. The minimum Gasteiger partial charge on any atom is -0.491 e. The number of benzene rings is 1. The molecule has 1 heterocycles. The lowest BCUT2D eigenvalue weighted by molar-refractivity contribution is -0.118. The summed E-state index contributed by atoms with van der Waals surface area (Å²) in [5.74, 6) is 0.414. The summed E-state index contributed by atoms with van der Waals surface area (Å²) < 4.78 is 32.3. The molecule has 7 heteroatoms. The topological polar surface area (TPSA) is 75.7 Å². The second-order valence-corrected chi connectivity index (χ2v) is 6.67. The van der Waals surface area contributed by atoms with Crippen LogP contribution in [0.25, 0.3) is 0 Å². The number of nitrogens with one attached hydrogen (secondary N) is 1. The van der Waals surface area contributed by atoms with E-state index in [1.54, 1.807) is 27.0 Å². The fourth-order valence-electron chi connectivity index (χ4n) is 1.98. The summed E-state index contributed by atoms with van der Waals surface area (Å²) in [5, 5.41) is 0. The van der Waals surface area contributed by atoms with E-state index >= 15 is 0 Å². The Bertz CT molecular complexity index is 625. The molecule has 2 rings (SSSR count). The van der Waals surface area contributed by atoms with E-state index in [0.29, 0.717) is 18.0 Å². The van der Waals surface area contributed by atoms with Crippen LogP contribution in [0.15, 0.2) is 23.1 Å². The van der Waals surface area contributed by atoms with Crippen LogP contribution in [-0.2, 0) is 14.8 Å². The van der Waals surface area contributed by atoms with Crippen molar-refractivity contribution in [2.45, 2.75) is 31.2 Å². The van der Waals surface area contributed by atoms with Gasteiger partial charge in [0.15, 0.2) is 0 Å². The fourth-order valence-corrected chi connectivity index (χ4v) is 3.25. The quantitative estimate of drug-likeness (QED) is 0.907. The number of hydrogen-bond acceptors (Lipinski definition) is 4. The maximum atomic E-state index is 12.1.